The van der Waals surface area contributed by atoms with E-state index in [1.807, 2.05) is 0 Å². The lowest BCUT2D eigenvalue weighted by Gasteiger charge is -2.09. The summed E-state index contributed by atoms with van der Waals surface area (Å²) in [6, 6.07) is 7.87. The summed E-state index contributed by atoms with van der Waals surface area (Å²) < 4.78 is 13.6. The number of aryl methyl sites for hydroxylation is 1. The molecule has 0 atom stereocenters. The third-order valence-electron chi connectivity index (χ3n) is 2.89. The SMILES string of the molecule is Cc1cc(Cl)ccc1C(=O)Nc1cc(C(=O)O)ccc1F. The maximum Gasteiger partial charge on any atom is 0.335 e. The van der Waals surface area contributed by atoms with E-state index in [9.17, 15) is 14.0 Å². The molecule has 0 aliphatic heterocycles. The van der Waals surface area contributed by atoms with Crippen molar-refractivity contribution in [1.82, 2.24) is 0 Å². The summed E-state index contributed by atoms with van der Waals surface area (Å²) in [5, 5.41) is 11.7. The molecule has 0 fully saturated rings. The molecule has 108 valence electrons. The van der Waals surface area contributed by atoms with Gasteiger partial charge in [0.05, 0.1) is 11.3 Å². The van der Waals surface area contributed by atoms with E-state index in [-0.39, 0.29) is 11.3 Å². The fourth-order valence-corrected chi connectivity index (χ4v) is 2.05. The summed E-state index contributed by atoms with van der Waals surface area (Å²) in [5.74, 6) is -2.45. The molecule has 0 spiro atoms. The van der Waals surface area contributed by atoms with E-state index >= 15 is 0 Å². The van der Waals surface area contributed by atoms with Crippen molar-refractivity contribution in [3.63, 3.8) is 0 Å². The normalized spacial score (nSPS) is 10.2. The van der Waals surface area contributed by atoms with Crippen molar-refractivity contribution in [2.24, 2.45) is 0 Å². The molecule has 0 unspecified atom stereocenters. The Balaban J connectivity index is 2.31. The molecular weight excluding hydrogens is 297 g/mol. The molecule has 2 aromatic carbocycles. The van der Waals surface area contributed by atoms with E-state index < -0.39 is 17.7 Å². The van der Waals surface area contributed by atoms with Gasteiger partial charge >= 0.3 is 5.97 Å². The van der Waals surface area contributed by atoms with E-state index in [0.717, 1.165) is 18.2 Å². The standard InChI is InChI=1S/C15H11ClFNO3/c1-8-6-10(16)3-4-11(8)14(19)18-13-7-9(15(20)21)2-5-12(13)17/h2-7H,1H3,(H,18,19)(H,20,21). The number of carboxylic acid groups (broad SMARTS) is 1. The van der Waals surface area contributed by atoms with E-state index in [0.29, 0.717) is 16.1 Å². The molecule has 0 bridgehead atoms. The summed E-state index contributed by atoms with van der Waals surface area (Å²) in [4.78, 5) is 23.0. The van der Waals surface area contributed by atoms with Crippen molar-refractivity contribution >= 4 is 29.2 Å². The molecule has 0 saturated carbocycles. The second-order valence-electron chi connectivity index (χ2n) is 4.41. The van der Waals surface area contributed by atoms with E-state index in [4.69, 9.17) is 16.7 Å². The number of nitrogens with one attached hydrogen (secondary N) is 1. The van der Waals surface area contributed by atoms with Crippen molar-refractivity contribution in [3.05, 3.63) is 63.9 Å². The fourth-order valence-electron chi connectivity index (χ4n) is 1.83. The lowest BCUT2D eigenvalue weighted by Crippen LogP contribution is -2.15. The minimum Gasteiger partial charge on any atom is -0.478 e. The zero-order valence-corrected chi connectivity index (χ0v) is 11.7. The Morgan fingerprint density at radius 3 is 2.52 bits per heavy atom. The van der Waals surface area contributed by atoms with Gasteiger partial charge in [0.25, 0.3) is 5.91 Å². The van der Waals surface area contributed by atoms with E-state index in [1.165, 1.54) is 6.07 Å². The smallest absolute Gasteiger partial charge is 0.335 e. The average Bonchev–Trinajstić information content (AvgIpc) is 2.40. The second-order valence-corrected chi connectivity index (χ2v) is 4.85. The fraction of sp³-hybridized carbons (Fsp3) is 0.0667. The van der Waals surface area contributed by atoms with Crippen LogP contribution in [0.15, 0.2) is 36.4 Å². The van der Waals surface area contributed by atoms with Gasteiger partial charge in [-0.1, -0.05) is 11.6 Å². The lowest BCUT2D eigenvalue weighted by atomic mass is 10.1. The van der Waals surface area contributed by atoms with Gasteiger partial charge < -0.3 is 10.4 Å². The minimum atomic E-state index is -1.20. The number of carbonyl (C=O) groups is 2. The number of anilines is 1. The molecule has 2 rings (SSSR count). The predicted octanol–water partition coefficient (Wildman–Crippen LogP) is 3.74. The minimum absolute atomic E-state index is 0.112. The molecule has 0 radical (unpaired) electrons. The Labute approximate surface area is 125 Å². The van der Waals surface area contributed by atoms with Crippen molar-refractivity contribution in [2.45, 2.75) is 6.92 Å². The number of rotatable bonds is 3. The van der Waals surface area contributed by atoms with Gasteiger partial charge in [0.2, 0.25) is 0 Å². The molecular formula is C15H11ClFNO3. The van der Waals surface area contributed by atoms with Crippen molar-refractivity contribution in [2.75, 3.05) is 5.32 Å². The number of halogens is 2. The second kappa shape index (κ2) is 5.93. The zero-order valence-electron chi connectivity index (χ0n) is 11.0. The molecule has 21 heavy (non-hydrogen) atoms. The highest BCUT2D eigenvalue weighted by Gasteiger charge is 2.14. The average molecular weight is 308 g/mol. The van der Waals surface area contributed by atoms with Crippen molar-refractivity contribution in [3.8, 4) is 0 Å². The number of hydrogen-bond donors (Lipinski definition) is 2. The maximum atomic E-state index is 13.6. The highest BCUT2D eigenvalue weighted by molar-refractivity contribution is 6.30. The summed E-state index contributed by atoms with van der Waals surface area (Å²) in [6.07, 6.45) is 0. The van der Waals surface area contributed by atoms with Crippen molar-refractivity contribution < 1.29 is 19.1 Å². The third-order valence-corrected chi connectivity index (χ3v) is 3.13. The van der Waals surface area contributed by atoms with E-state index in [2.05, 4.69) is 5.32 Å². The molecule has 2 N–H and O–H groups in total. The molecule has 1 amide bonds. The first-order valence-corrected chi connectivity index (χ1v) is 6.36. The van der Waals surface area contributed by atoms with Crippen LogP contribution < -0.4 is 5.32 Å². The first kappa shape index (κ1) is 15.0. The van der Waals surface area contributed by atoms with Crippen LogP contribution >= 0.6 is 11.6 Å². The summed E-state index contributed by atoms with van der Waals surface area (Å²) in [6.45, 7) is 1.70. The quantitative estimate of drug-likeness (QED) is 0.907. The maximum absolute atomic E-state index is 13.6. The van der Waals surface area contributed by atoms with Gasteiger partial charge in [0.1, 0.15) is 5.82 Å². The van der Waals surface area contributed by atoms with Gasteiger partial charge in [-0.3, -0.25) is 4.79 Å². The lowest BCUT2D eigenvalue weighted by molar-refractivity contribution is 0.0696. The molecule has 0 aliphatic rings. The van der Waals surface area contributed by atoms with E-state index in [1.54, 1.807) is 19.1 Å². The van der Waals surface area contributed by atoms with Gasteiger partial charge in [-0.25, -0.2) is 9.18 Å². The van der Waals surface area contributed by atoms with Gasteiger partial charge in [-0.05, 0) is 48.9 Å². The Hall–Kier alpha value is -2.40. The summed E-state index contributed by atoms with van der Waals surface area (Å²) in [7, 11) is 0. The van der Waals surface area contributed by atoms with Gasteiger partial charge in [-0.15, -0.1) is 0 Å². The topological polar surface area (TPSA) is 66.4 Å². The first-order valence-electron chi connectivity index (χ1n) is 5.99. The monoisotopic (exact) mass is 307 g/mol. The van der Waals surface area contributed by atoms with Gasteiger partial charge in [0.15, 0.2) is 0 Å². The van der Waals surface area contributed by atoms with Crippen LogP contribution in [-0.2, 0) is 0 Å². The van der Waals surface area contributed by atoms with Crippen LogP contribution in [0, 0.1) is 12.7 Å². The van der Waals surface area contributed by atoms with Crippen molar-refractivity contribution in [1.29, 1.82) is 0 Å². The molecule has 4 nitrogen and oxygen atoms in total. The molecule has 2 aromatic rings. The predicted molar refractivity (Wildman–Crippen MR) is 77.5 cm³/mol. The third kappa shape index (κ3) is 3.38. The molecule has 0 saturated heterocycles. The first-order chi connectivity index (χ1) is 9.88. The zero-order chi connectivity index (χ0) is 15.6. The number of aromatic carboxylic acids is 1. The Morgan fingerprint density at radius 2 is 1.90 bits per heavy atom. The van der Waals surface area contributed by atoms with Gasteiger partial charge in [-0.2, -0.15) is 0 Å². The number of carboxylic acids is 1. The van der Waals surface area contributed by atoms with Crippen LogP contribution in [0.25, 0.3) is 0 Å². The van der Waals surface area contributed by atoms with Crippen LogP contribution in [0.5, 0.6) is 0 Å². The summed E-state index contributed by atoms with van der Waals surface area (Å²) >= 11 is 5.81. The van der Waals surface area contributed by atoms with Crippen LogP contribution in [0.4, 0.5) is 10.1 Å². The van der Waals surface area contributed by atoms with Crippen LogP contribution in [0.3, 0.4) is 0 Å². The molecule has 0 heterocycles. The highest BCUT2D eigenvalue weighted by atomic mass is 35.5. The summed E-state index contributed by atoms with van der Waals surface area (Å²) in [5.41, 5.74) is 0.670. The van der Waals surface area contributed by atoms with Gasteiger partial charge in [0, 0.05) is 10.6 Å². The largest absolute Gasteiger partial charge is 0.478 e. The Morgan fingerprint density at radius 1 is 1.19 bits per heavy atom. The molecule has 0 aromatic heterocycles. The molecule has 6 heteroatoms. The van der Waals surface area contributed by atoms with Crippen LogP contribution in [-0.4, -0.2) is 17.0 Å². The Kier molecular flexibility index (Phi) is 4.23. The highest BCUT2D eigenvalue weighted by Crippen LogP contribution is 2.20. The Bertz CT molecular complexity index is 731. The van der Waals surface area contributed by atoms with Crippen LogP contribution in [0.2, 0.25) is 5.02 Å². The number of hydrogen-bond acceptors (Lipinski definition) is 2. The number of benzene rings is 2. The molecule has 0 aliphatic carbocycles. The number of carbonyl (C=O) groups excluding carboxylic acids is 1. The number of amides is 1. The van der Waals surface area contributed by atoms with Crippen LogP contribution in [0.1, 0.15) is 26.3 Å².